The summed E-state index contributed by atoms with van der Waals surface area (Å²) in [6.45, 7) is 0.543. The van der Waals surface area contributed by atoms with Gasteiger partial charge in [-0.3, -0.25) is 14.9 Å². The van der Waals surface area contributed by atoms with Crippen molar-refractivity contribution in [2.24, 2.45) is 0 Å². The second-order valence-corrected chi connectivity index (χ2v) is 4.84. The van der Waals surface area contributed by atoms with E-state index in [9.17, 15) is 14.9 Å². The van der Waals surface area contributed by atoms with Crippen molar-refractivity contribution in [3.63, 3.8) is 0 Å². The number of hydrogen-bond donors (Lipinski definition) is 0. The summed E-state index contributed by atoms with van der Waals surface area (Å²) in [5, 5.41) is 10.4. The molecule has 1 amide bonds. The van der Waals surface area contributed by atoms with Crippen LogP contribution in [0.15, 0.2) is 30.3 Å². The maximum Gasteiger partial charge on any atom is 0.254 e. The Morgan fingerprint density at radius 1 is 1.39 bits per heavy atom. The first-order valence-corrected chi connectivity index (χ1v) is 6.15. The van der Waals surface area contributed by atoms with Crippen molar-refractivity contribution >= 4 is 17.5 Å². The number of benzene rings is 1. The van der Waals surface area contributed by atoms with Crippen LogP contribution < -0.4 is 0 Å². The number of amides is 1. The first-order valence-electron chi connectivity index (χ1n) is 5.71. The lowest BCUT2D eigenvalue weighted by Gasteiger charge is -2.31. The SMILES string of the molecule is O=C(c1ccccc1)N1CCC(Cl)C([N+](=O)[O-])C1. The molecular formula is C12H13ClN2O3. The van der Waals surface area contributed by atoms with Gasteiger partial charge >= 0.3 is 0 Å². The Bertz CT molecular complexity index is 452. The molecule has 0 spiro atoms. The van der Waals surface area contributed by atoms with Gasteiger partial charge < -0.3 is 4.90 Å². The van der Waals surface area contributed by atoms with Crippen LogP contribution in [0.1, 0.15) is 16.8 Å². The fourth-order valence-corrected chi connectivity index (χ4v) is 2.32. The molecule has 0 saturated carbocycles. The lowest BCUT2D eigenvalue weighted by atomic mass is 10.0. The predicted octanol–water partition coefficient (Wildman–Crippen LogP) is 1.79. The predicted molar refractivity (Wildman–Crippen MR) is 67.4 cm³/mol. The molecule has 1 aromatic carbocycles. The topological polar surface area (TPSA) is 63.5 Å². The maximum atomic E-state index is 12.1. The second-order valence-electron chi connectivity index (χ2n) is 4.27. The number of nitrogens with zero attached hydrogens (tertiary/aromatic N) is 2. The van der Waals surface area contributed by atoms with Gasteiger partial charge in [-0.2, -0.15) is 0 Å². The largest absolute Gasteiger partial charge is 0.332 e. The number of alkyl halides is 1. The molecule has 0 aromatic heterocycles. The monoisotopic (exact) mass is 268 g/mol. The molecule has 1 heterocycles. The highest BCUT2D eigenvalue weighted by atomic mass is 35.5. The first kappa shape index (κ1) is 12.8. The molecule has 1 aromatic rings. The molecule has 1 saturated heterocycles. The number of rotatable bonds is 2. The molecule has 96 valence electrons. The fraction of sp³-hybridized carbons (Fsp3) is 0.417. The summed E-state index contributed by atoms with van der Waals surface area (Å²) in [6.07, 6.45) is 0.450. The zero-order valence-electron chi connectivity index (χ0n) is 9.66. The van der Waals surface area contributed by atoms with Crippen molar-refractivity contribution in [3.05, 3.63) is 46.0 Å². The van der Waals surface area contributed by atoms with Crippen LogP contribution in [0.25, 0.3) is 0 Å². The lowest BCUT2D eigenvalue weighted by molar-refractivity contribution is -0.524. The molecule has 5 nitrogen and oxygen atoms in total. The van der Waals surface area contributed by atoms with Crippen LogP contribution in [0.2, 0.25) is 0 Å². The minimum atomic E-state index is -0.881. The molecule has 2 atom stereocenters. The molecule has 1 aliphatic heterocycles. The Morgan fingerprint density at radius 3 is 2.67 bits per heavy atom. The number of hydrogen-bond acceptors (Lipinski definition) is 3. The first-order chi connectivity index (χ1) is 8.59. The van der Waals surface area contributed by atoms with E-state index in [1.54, 1.807) is 24.3 Å². The van der Waals surface area contributed by atoms with E-state index in [1.165, 1.54) is 4.90 Å². The number of piperidine rings is 1. The van der Waals surface area contributed by atoms with Crippen LogP contribution in [0.5, 0.6) is 0 Å². The number of nitro groups is 1. The molecule has 1 aliphatic rings. The zero-order chi connectivity index (χ0) is 13.1. The molecular weight excluding hydrogens is 256 g/mol. The molecule has 0 N–H and O–H groups in total. The van der Waals surface area contributed by atoms with Gasteiger partial charge in [0.1, 0.15) is 5.38 Å². The molecule has 0 radical (unpaired) electrons. The summed E-state index contributed by atoms with van der Waals surface area (Å²) in [5.41, 5.74) is 0.549. The third-order valence-electron chi connectivity index (χ3n) is 3.08. The molecule has 0 aliphatic carbocycles. The molecule has 18 heavy (non-hydrogen) atoms. The van der Waals surface area contributed by atoms with Crippen LogP contribution in [-0.2, 0) is 0 Å². The van der Waals surface area contributed by atoms with Crippen LogP contribution in [0.4, 0.5) is 0 Å². The van der Waals surface area contributed by atoms with Gasteiger partial charge in [0.05, 0.1) is 6.54 Å². The van der Waals surface area contributed by atoms with Gasteiger partial charge in [0.25, 0.3) is 5.91 Å². The average Bonchev–Trinajstić information content (AvgIpc) is 2.39. The highest BCUT2D eigenvalue weighted by Gasteiger charge is 2.38. The molecule has 1 fully saturated rings. The van der Waals surface area contributed by atoms with Crippen molar-refractivity contribution in [1.29, 1.82) is 0 Å². The fourth-order valence-electron chi connectivity index (χ4n) is 2.05. The number of carbonyl (C=O) groups excluding carboxylic acids is 1. The van der Waals surface area contributed by atoms with E-state index < -0.39 is 16.3 Å². The standard InChI is InChI=1S/C12H13ClN2O3/c13-10-6-7-14(8-11(10)15(17)18)12(16)9-4-2-1-3-5-9/h1-5,10-11H,6-8H2. The maximum absolute atomic E-state index is 12.1. The summed E-state index contributed by atoms with van der Waals surface area (Å²) >= 11 is 5.91. The van der Waals surface area contributed by atoms with E-state index in [1.807, 2.05) is 6.07 Å². The van der Waals surface area contributed by atoms with Gasteiger partial charge in [-0.25, -0.2) is 0 Å². The smallest absolute Gasteiger partial charge is 0.254 e. The summed E-state index contributed by atoms with van der Waals surface area (Å²) in [5.74, 6) is -0.175. The Labute approximate surface area is 109 Å². The van der Waals surface area contributed by atoms with E-state index in [0.717, 1.165) is 0 Å². The highest BCUT2D eigenvalue weighted by Crippen LogP contribution is 2.20. The summed E-state index contributed by atoms with van der Waals surface area (Å²) in [7, 11) is 0. The average molecular weight is 269 g/mol. The van der Waals surface area contributed by atoms with Crippen LogP contribution >= 0.6 is 11.6 Å². The van der Waals surface area contributed by atoms with E-state index >= 15 is 0 Å². The highest BCUT2D eigenvalue weighted by molar-refractivity contribution is 6.21. The van der Waals surface area contributed by atoms with Crippen LogP contribution in [-0.4, -0.2) is 40.2 Å². The second kappa shape index (κ2) is 5.35. The molecule has 2 rings (SSSR count). The van der Waals surface area contributed by atoms with Crippen molar-refractivity contribution in [2.45, 2.75) is 17.8 Å². The summed E-state index contributed by atoms with van der Waals surface area (Å²) in [6, 6.07) is 7.89. The molecule has 2 unspecified atom stereocenters. The number of carbonyl (C=O) groups is 1. The van der Waals surface area contributed by atoms with Gasteiger partial charge in [0.2, 0.25) is 6.04 Å². The van der Waals surface area contributed by atoms with E-state index in [-0.39, 0.29) is 12.5 Å². The van der Waals surface area contributed by atoms with E-state index in [2.05, 4.69) is 0 Å². The third kappa shape index (κ3) is 2.61. The Balaban J connectivity index is 2.11. The van der Waals surface area contributed by atoms with Crippen LogP contribution in [0, 0.1) is 10.1 Å². The van der Waals surface area contributed by atoms with Gasteiger partial charge in [-0.1, -0.05) is 18.2 Å². The Kier molecular flexibility index (Phi) is 3.81. The van der Waals surface area contributed by atoms with Crippen molar-refractivity contribution < 1.29 is 9.72 Å². The Morgan fingerprint density at radius 2 is 2.06 bits per heavy atom. The summed E-state index contributed by atoms with van der Waals surface area (Å²) < 4.78 is 0. The lowest BCUT2D eigenvalue weighted by Crippen LogP contribution is -2.50. The summed E-state index contributed by atoms with van der Waals surface area (Å²) in [4.78, 5) is 24.1. The van der Waals surface area contributed by atoms with Crippen molar-refractivity contribution in [1.82, 2.24) is 4.90 Å². The van der Waals surface area contributed by atoms with Gasteiger partial charge in [-0.15, -0.1) is 11.6 Å². The van der Waals surface area contributed by atoms with Crippen molar-refractivity contribution in [3.8, 4) is 0 Å². The van der Waals surface area contributed by atoms with Crippen LogP contribution in [0.3, 0.4) is 0 Å². The molecule has 6 heteroatoms. The third-order valence-corrected chi connectivity index (χ3v) is 3.59. The molecule has 0 bridgehead atoms. The normalized spacial score (nSPS) is 23.7. The zero-order valence-corrected chi connectivity index (χ0v) is 10.4. The van der Waals surface area contributed by atoms with E-state index in [4.69, 9.17) is 11.6 Å². The number of halogens is 1. The minimum absolute atomic E-state index is 0.0783. The van der Waals surface area contributed by atoms with Gasteiger partial charge in [0.15, 0.2) is 0 Å². The Hall–Kier alpha value is -1.62. The minimum Gasteiger partial charge on any atom is -0.332 e. The number of likely N-dealkylation sites (tertiary alicyclic amines) is 1. The quantitative estimate of drug-likeness (QED) is 0.467. The van der Waals surface area contributed by atoms with Gasteiger partial charge in [-0.05, 0) is 18.6 Å². The van der Waals surface area contributed by atoms with E-state index in [0.29, 0.717) is 18.5 Å². The van der Waals surface area contributed by atoms with Gasteiger partial charge in [0, 0.05) is 17.0 Å². The van der Waals surface area contributed by atoms with Crippen molar-refractivity contribution in [2.75, 3.05) is 13.1 Å².